The lowest BCUT2D eigenvalue weighted by Gasteiger charge is -2.19. The van der Waals surface area contributed by atoms with Crippen molar-refractivity contribution in [2.45, 2.75) is 31.8 Å². The fourth-order valence-electron chi connectivity index (χ4n) is 4.30. The van der Waals surface area contributed by atoms with Crippen molar-refractivity contribution in [2.24, 2.45) is 17.8 Å². The van der Waals surface area contributed by atoms with Crippen LogP contribution >= 0.6 is 11.6 Å². The third-order valence-corrected chi connectivity index (χ3v) is 5.68. The summed E-state index contributed by atoms with van der Waals surface area (Å²) in [6.45, 7) is 2.12. The van der Waals surface area contributed by atoms with Gasteiger partial charge in [0.2, 0.25) is 0 Å². The van der Waals surface area contributed by atoms with E-state index in [-0.39, 0.29) is 11.9 Å². The molecule has 3 unspecified atom stereocenters. The summed E-state index contributed by atoms with van der Waals surface area (Å²) in [5, 5.41) is 8.15. The van der Waals surface area contributed by atoms with Crippen LogP contribution in [0.5, 0.6) is 0 Å². The second kappa shape index (κ2) is 5.68. The van der Waals surface area contributed by atoms with E-state index < -0.39 is 0 Å². The summed E-state index contributed by atoms with van der Waals surface area (Å²) in [5.41, 5.74) is 0.668. The molecule has 120 valence electrons. The molecule has 1 N–H and O–H groups in total. The Labute approximate surface area is 140 Å². The second-order valence-electron chi connectivity index (χ2n) is 6.79. The summed E-state index contributed by atoms with van der Waals surface area (Å²) in [4.78, 5) is 12.3. The summed E-state index contributed by atoms with van der Waals surface area (Å²) in [5.74, 6) is 2.05. The van der Waals surface area contributed by atoms with Crippen LogP contribution in [-0.4, -0.2) is 21.7 Å². The van der Waals surface area contributed by atoms with Crippen LogP contribution in [0.3, 0.4) is 0 Å². The SMILES string of the molecule is CC(NC(=O)c1ccc(Cl)cc1)C1C2CC(n3cccn3)CC21. The zero-order chi connectivity index (χ0) is 16.0. The van der Waals surface area contributed by atoms with Gasteiger partial charge in [-0.25, -0.2) is 0 Å². The molecule has 0 saturated heterocycles. The molecule has 1 amide bonds. The highest BCUT2D eigenvalue weighted by Crippen LogP contribution is 2.62. The van der Waals surface area contributed by atoms with Crippen LogP contribution in [-0.2, 0) is 0 Å². The molecule has 2 aliphatic carbocycles. The van der Waals surface area contributed by atoms with E-state index in [0.717, 1.165) is 11.8 Å². The molecule has 2 saturated carbocycles. The minimum Gasteiger partial charge on any atom is -0.349 e. The average Bonchev–Trinajstić information content (AvgIpc) is 2.96. The number of hydrogen-bond donors (Lipinski definition) is 1. The van der Waals surface area contributed by atoms with Crippen molar-refractivity contribution in [3.05, 3.63) is 53.3 Å². The molecular formula is C18H20ClN3O. The van der Waals surface area contributed by atoms with Crippen LogP contribution in [0.4, 0.5) is 0 Å². The first-order chi connectivity index (χ1) is 11.1. The molecule has 2 aliphatic rings. The van der Waals surface area contributed by atoms with Gasteiger partial charge in [0.05, 0.1) is 6.04 Å². The van der Waals surface area contributed by atoms with Gasteiger partial charge in [-0.05, 0) is 67.9 Å². The first-order valence-corrected chi connectivity index (χ1v) is 8.57. The number of nitrogens with zero attached hydrogens (tertiary/aromatic N) is 2. The van der Waals surface area contributed by atoms with Crippen molar-refractivity contribution < 1.29 is 4.79 Å². The lowest BCUT2D eigenvalue weighted by molar-refractivity contribution is 0.0932. The first kappa shape index (κ1) is 14.8. The molecule has 1 heterocycles. The zero-order valence-corrected chi connectivity index (χ0v) is 13.8. The maximum Gasteiger partial charge on any atom is 0.251 e. The molecule has 0 aliphatic heterocycles. The minimum absolute atomic E-state index is 0.0113. The van der Waals surface area contributed by atoms with E-state index in [0.29, 0.717) is 22.5 Å². The lowest BCUT2D eigenvalue weighted by Crippen LogP contribution is -2.35. The van der Waals surface area contributed by atoms with E-state index in [9.17, 15) is 4.79 Å². The molecule has 23 heavy (non-hydrogen) atoms. The standard InChI is InChI=1S/C18H20ClN3O/c1-11(21-18(23)12-3-5-13(19)6-4-12)17-15-9-14(10-16(15)17)22-8-2-7-20-22/h2-8,11,14-17H,9-10H2,1H3,(H,21,23). The second-order valence-corrected chi connectivity index (χ2v) is 7.22. The van der Waals surface area contributed by atoms with Gasteiger partial charge in [-0.15, -0.1) is 0 Å². The summed E-state index contributed by atoms with van der Waals surface area (Å²) >= 11 is 5.86. The number of nitrogens with one attached hydrogen (secondary N) is 1. The zero-order valence-electron chi connectivity index (χ0n) is 13.0. The molecule has 2 fully saturated rings. The Morgan fingerprint density at radius 1 is 1.30 bits per heavy atom. The van der Waals surface area contributed by atoms with Gasteiger partial charge in [0.1, 0.15) is 0 Å². The molecule has 4 nitrogen and oxygen atoms in total. The number of halogens is 1. The monoisotopic (exact) mass is 329 g/mol. The van der Waals surface area contributed by atoms with Gasteiger partial charge in [0, 0.05) is 29.0 Å². The van der Waals surface area contributed by atoms with Crippen LogP contribution in [0.15, 0.2) is 42.7 Å². The highest BCUT2D eigenvalue weighted by atomic mass is 35.5. The minimum atomic E-state index is -0.0113. The van der Waals surface area contributed by atoms with Gasteiger partial charge >= 0.3 is 0 Å². The molecule has 3 atom stereocenters. The Morgan fingerprint density at radius 2 is 2.00 bits per heavy atom. The third-order valence-electron chi connectivity index (χ3n) is 5.43. The smallest absolute Gasteiger partial charge is 0.251 e. The maximum absolute atomic E-state index is 12.3. The quantitative estimate of drug-likeness (QED) is 0.932. The Morgan fingerprint density at radius 3 is 2.61 bits per heavy atom. The average molecular weight is 330 g/mol. The number of carbonyl (C=O) groups is 1. The van der Waals surface area contributed by atoms with Crippen molar-refractivity contribution in [1.29, 1.82) is 0 Å². The molecule has 2 aromatic rings. The molecule has 0 spiro atoms. The number of benzene rings is 1. The van der Waals surface area contributed by atoms with Crippen LogP contribution in [0.25, 0.3) is 0 Å². The first-order valence-electron chi connectivity index (χ1n) is 8.19. The Bertz CT molecular complexity index is 686. The number of hydrogen-bond acceptors (Lipinski definition) is 2. The van der Waals surface area contributed by atoms with Gasteiger partial charge in [-0.1, -0.05) is 11.6 Å². The fraction of sp³-hybridized carbons (Fsp3) is 0.444. The number of amides is 1. The highest BCUT2D eigenvalue weighted by molar-refractivity contribution is 6.30. The van der Waals surface area contributed by atoms with Gasteiger partial charge in [0.15, 0.2) is 0 Å². The van der Waals surface area contributed by atoms with Crippen LogP contribution in [0.1, 0.15) is 36.2 Å². The van der Waals surface area contributed by atoms with Crippen molar-refractivity contribution >= 4 is 17.5 Å². The normalized spacial score (nSPS) is 29.8. The summed E-state index contributed by atoms with van der Waals surface area (Å²) in [6, 6.07) is 9.78. The van der Waals surface area contributed by atoms with E-state index >= 15 is 0 Å². The molecule has 4 rings (SSSR count). The topological polar surface area (TPSA) is 46.9 Å². The number of fused-ring (bicyclic) bond motifs is 1. The maximum atomic E-state index is 12.3. The van der Waals surface area contributed by atoms with Crippen molar-refractivity contribution in [2.75, 3.05) is 0 Å². The van der Waals surface area contributed by atoms with E-state index in [1.165, 1.54) is 12.8 Å². The Kier molecular flexibility index (Phi) is 3.64. The van der Waals surface area contributed by atoms with Crippen LogP contribution in [0.2, 0.25) is 5.02 Å². The number of rotatable bonds is 4. The summed E-state index contributed by atoms with van der Waals surface area (Å²) < 4.78 is 2.08. The van der Waals surface area contributed by atoms with E-state index in [4.69, 9.17) is 11.6 Å². The highest BCUT2D eigenvalue weighted by Gasteiger charge is 2.58. The molecule has 5 heteroatoms. The van der Waals surface area contributed by atoms with Gasteiger partial charge in [-0.2, -0.15) is 5.10 Å². The predicted octanol–water partition coefficient (Wildman–Crippen LogP) is 3.55. The molecule has 1 aromatic carbocycles. The summed E-state index contributed by atoms with van der Waals surface area (Å²) in [7, 11) is 0. The largest absolute Gasteiger partial charge is 0.349 e. The van der Waals surface area contributed by atoms with Gasteiger partial charge in [0.25, 0.3) is 5.91 Å². The van der Waals surface area contributed by atoms with E-state index in [1.807, 2.05) is 12.3 Å². The van der Waals surface area contributed by atoms with E-state index in [2.05, 4.69) is 28.2 Å². The third kappa shape index (κ3) is 2.76. The molecule has 0 bridgehead atoms. The van der Waals surface area contributed by atoms with Gasteiger partial charge < -0.3 is 5.32 Å². The van der Waals surface area contributed by atoms with Crippen molar-refractivity contribution in [3.8, 4) is 0 Å². The number of aromatic nitrogens is 2. The Balaban J connectivity index is 1.33. The van der Waals surface area contributed by atoms with Gasteiger partial charge in [-0.3, -0.25) is 9.48 Å². The number of carbonyl (C=O) groups excluding carboxylic acids is 1. The van der Waals surface area contributed by atoms with Crippen molar-refractivity contribution in [1.82, 2.24) is 15.1 Å². The van der Waals surface area contributed by atoms with E-state index in [1.54, 1.807) is 24.3 Å². The predicted molar refractivity (Wildman–Crippen MR) is 89.3 cm³/mol. The molecule has 1 aromatic heterocycles. The Hall–Kier alpha value is -1.81. The van der Waals surface area contributed by atoms with Crippen LogP contribution < -0.4 is 5.32 Å². The van der Waals surface area contributed by atoms with Crippen molar-refractivity contribution in [3.63, 3.8) is 0 Å². The fourth-order valence-corrected chi connectivity index (χ4v) is 4.43. The molecule has 0 radical (unpaired) electrons. The lowest BCUT2D eigenvalue weighted by atomic mass is 10.0. The summed E-state index contributed by atoms with van der Waals surface area (Å²) in [6.07, 6.45) is 6.25. The van der Waals surface area contributed by atoms with Crippen LogP contribution in [0, 0.1) is 17.8 Å². The molecular weight excluding hydrogens is 310 g/mol.